The quantitative estimate of drug-likeness (QED) is 0.822. The Bertz CT molecular complexity index is 503. The number of hydrogen-bond acceptors (Lipinski definition) is 4. The molecular formula is C12H14N2O2S. The van der Waals surface area contributed by atoms with Crippen LogP contribution in [0, 0.1) is 0 Å². The highest BCUT2D eigenvalue weighted by Crippen LogP contribution is 2.26. The lowest BCUT2D eigenvalue weighted by atomic mass is 10.1. The zero-order valence-electron chi connectivity index (χ0n) is 9.66. The fourth-order valence-electron chi connectivity index (χ4n) is 1.61. The van der Waals surface area contributed by atoms with Gasteiger partial charge < -0.3 is 9.66 Å². The molecule has 2 aromatic rings. The largest absolute Gasteiger partial charge is 0.384 e. The predicted octanol–water partition coefficient (Wildman–Crippen LogP) is 2.66. The minimum Gasteiger partial charge on any atom is -0.384 e. The van der Waals surface area contributed by atoms with Gasteiger partial charge in [-0.1, -0.05) is 18.2 Å². The molecule has 0 aliphatic carbocycles. The van der Waals surface area contributed by atoms with Gasteiger partial charge in [0.25, 0.3) is 0 Å². The van der Waals surface area contributed by atoms with Crippen LogP contribution in [0.1, 0.15) is 19.5 Å². The summed E-state index contributed by atoms with van der Waals surface area (Å²) < 4.78 is 10.7. The van der Waals surface area contributed by atoms with Gasteiger partial charge >= 0.3 is 0 Å². The van der Waals surface area contributed by atoms with Crippen molar-refractivity contribution in [3.05, 3.63) is 42.1 Å². The van der Waals surface area contributed by atoms with E-state index in [4.69, 9.17) is 4.55 Å². The molecule has 5 heteroatoms. The average molecular weight is 250 g/mol. The number of aliphatic hydroxyl groups is 1. The van der Waals surface area contributed by atoms with Crippen LogP contribution in [0.2, 0.25) is 0 Å². The fraction of sp³-hybridized carbons (Fsp3) is 0.250. The molecule has 0 saturated carbocycles. The monoisotopic (exact) mass is 250 g/mol. The fourth-order valence-corrected chi connectivity index (χ4v) is 1.89. The Kier molecular flexibility index (Phi) is 3.24. The Morgan fingerprint density at radius 1 is 1.24 bits per heavy atom. The number of hydrogen-bond donors (Lipinski definition) is 2. The molecule has 0 bridgehead atoms. The summed E-state index contributed by atoms with van der Waals surface area (Å²) in [5.41, 5.74) is 0.474. The molecule has 0 atom stereocenters. The van der Waals surface area contributed by atoms with Crippen LogP contribution in [-0.4, -0.2) is 19.4 Å². The van der Waals surface area contributed by atoms with E-state index >= 15 is 0 Å². The summed E-state index contributed by atoms with van der Waals surface area (Å²) in [6.45, 7) is 3.38. The van der Waals surface area contributed by atoms with Gasteiger partial charge in [0, 0.05) is 12.0 Å². The standard InChI is InChI=1S/C12H14N2O2S/c1-12(2,15)10-8-11(17-16)13-14(10)9-6-4-3-5-7-9/h3-8,15-16H,1-2H3. The van der Waals surface area contributed by atoms with Crippen LogP contribution < -0.4 is 0 Å². The van der Waals surface area contributed by atoms with Crippen molar-refractivity contribution in [2.45, 2.75) is 24.5 Å². The Labute approximate surface area is 104 Å². The smallest absolute Gasteiger partial charge is 0.146 e. The lowest BCUT2D eigenvalue weighted by Crippen LogP contribution is -2.20. The Morgan fingerprint density at radius 2 is 1.88 bits per heavy atom. The first kappa shape index (κ1) is 12.2. The van der Waals surface area contributed by atoms with E-state index in [9.17, 15) is 5.11 Å². The van der Waals surface area contributed by atoms with E-state index in [0.717, 1.165) is 5.69 Å². The Hall–Kier alpha value is -1.30. The van der Waals surface area contributed by atoms with E-state index in [1.807, 2.05) is 30.3 Å². The summed E-state index contributed by atoms with van der Waals surface area (Å²) in [5.74, 6) is 0. The number of para-hydroxylation sites is 1. The van der Waals surface area contributed by atoms with Crippen molar-refractivity contribution < 1.29 is 9.66 Å². The molecule has 1 heterocycles. The average Bonchev–Trinajstić information content (AvgIpc) is 2.74. The second-order valence-electron chi connectivity index (χ2n) is 4.27. The van der Waals surface area contributed by atoms with Crippen LogP contribution in [0.3, 0.4) is 0 Å². The third kappa shape index (κ3) is 2.52. The molecule has 0 amide bonds. The van der Waals surface area contributed by atoms with Gasteiger partial charge in [-0.25, -0.2) is 4.68 Å². The van der Waals surface area contributed by atoms with Crippen LogP contribution in [0.5, 0.6) is 0 Å². The lowest BCUT2D eigenvalue weighted by molar-refractivity contribution is 0.0711. The third-order valence-electron chi connectivity index (χ3n) is 2.41. The minimum atomic E-state index is -1.02. The summed E-state index contributed by atoms with van der Waals surface area (Å²) in [4.78, 5) is 0. The summed E-state index contributed by atoms with van der Waals surface area (Å²) in [5, 5.41) is 14.8. The van der Waals surface area contributed by atoms with Crippen LogP contribution in [0.4, 0.5) is 0 Å². The van der Waals surface area contributed by atoms with E-state index in [0.29, 0.717) is 22.8 Å². The minimum absolute atomic E-state index is 0.464. The van der Waals surface area contributed by atoms with Crippen molar-refractivity contribution in [2.24, 2.45) is 0 Å². The number of benzene rings is 1. The molecule has 0 radical (unpaired) electrons. The maximum absolute atomic E-state index is 10.1. The van der Waals surface area contributed by atoms with Crippen LogP contribution >= 0.6 is 12.0 Å². The van der Waals surface area contributed by atoms with Gasteiger partial charge in [-0.15, -0.1) is 0 Å². The van der Waals surface area contributed by atoms with Gasteiger partial charge in [0.1, 0.15) is 10.6 Å². The van der Waals surface area contributed by atoms with Crippen molar-refractivity contribution in [1.29, 1.82) is 0 Å². The van der Waals surface area contributed by atoms with Crippen molar-refractivity contribution >= 4 is 12.0 Å². The Balaban J connectivity index is 2.57. The zero-order valence-corrected chi connectivity index (χ0v) is 10.5. The number of rotatable bonds is 3. The molecule has 0 saturated heterocycles. The zero-order chi connectivity index (χ0) is 12.5. The number of aromatic nitrogens is 2. The summed E-state index contributed by atoms with van der Waals surface area (Å²) in [6.07, 6.45) is 0. The van der Waals surface area contributed by atoms with E-state index in [-0.39, 0.29) is 0 Å². The molecule has 17 heavy (non-hydrogen) atoms. The summed E-state index contributed by atoms with van der Waals surface area (Å²) in [7, 11) is 0. The second kappa shape index (κ2) is 4.52. The molecule has 4 nitrogen and oxygen atoms in total. The van der Waals surface area contributed by atoms with Gasteiger partial charge in [0.2, 0.25) is 0 Å². The SMILES string of the molecule is CC(C)(O)c1cc(SO)nn1-c1ccccc1. The first-order chi connectivity index (χ1) is 8.02. The van der Waals surface area contributed by atoms with Gasteiger partial charge in [0.05, 0.1) is 11.4 Å². The van der Waals surface area contributed by atoms with Gasteiger partial charge in [-0.3, -0.25) is 0 Å². The molecule has 0 aliphatic heterocycles. The second-order valence-corrected chi connectivity index (χ2v) is 4.87. The highest BCUT2D eigenvalue weighted by molar-refractivity contribution is 7.93. The summed E-state index contributed by atoms with van der Waals surface area (Å²) in [6, 6.07) is 11.2. The van der Waals surface area contributed by atoms with Crippen molar-refractivity contribution in [3.63, 3.8) is 0 Å². The van der Waals surface area contributed by atoms with Crippen molar-refractivity contribution in [1.82, 2.24) is 9.78 Å². The molecule has 1 aromatic carbocycles. The normalized spacial score (nSPS) is 11.8. The van der Waals surface area contributed by atoms with Crippen LogP contribution in [0.25, 0.3) is 5.69 Å². The summed E-state index contributed by atoms with van der Waals surface area (Å²) >= 11 is 0.572. The van der Waals surface area contributed by atoms with E-state index in [2.05, 4.69) is 5.10 Å². The molecule has 0 spiro atoms. The first-order valence-corrected chi connectivity index (χ1v) is 5.99. The maximum atomic E-state index is 10.1. The molecule has 90 valence electrons. The highest BCUT2D eigenvalue weighted by atomic mass is 32.2. The van der Waals surface area contributed by atoms with Gasteiger partial charge in [-0.2, -0.15) is 5.10 Å². The molecule has 0 fully saturated rings. The van der Waals surface area contributed by atoms with Crippen molar-refractivity contribution in [3.8, 4) is 5.69 Å². The van der Waals surface area contributed by atoms with Crippen LogP contribution in [-0.2, 0) is 5.60 Å². The maximum Gasteiger partial charge on any atom is 0.146 e. The lowest BCUT2D eigenvalue weighted by Gasteiger charge is -2.18. The van der Waals surface area contributed by atoms with Crippen LogP contribution in [0.15, 0.2) is 41.4 Å². The Morgan fingerprint density at radius 3 is 2.41 bits per heavy atom. The van der Waals surface area contributed by atoms with E-state index in [1.165, 1.54) is 0 Å². The van der Waals surface area contributed by atoms with Gasteiger partial charge in [-0.05, 0) is 32.0 Å². The first-order valence-electron chi connectivity index (χ1n) is 5.22. The molecule has 2 rings (SSSR count). The third-order valence-corrected chi connectivity index (χ3v) is 2.79. The van der Waals surface area contributed by atoms with E-state index < -0.39 is 5.60 Å². The molecule has 2 N–H and O–H groups in total. The predicted molar refractivity (Wildman–Crippen MR) is 67.3 cm³/mol. The van der Waals surface area contributed by atoms with Crippen molar-refractivity contribution in [2.75, 3.05) is 0 Å². The molecule has 1 aromatic heterocycles. The molecule has 0 aliphatic rings. The number of nitrogens with zero attached hydrogens (tertiary/aromatic N) is 2. The van der Waals surface area contributed by atoms with E-state index in [1.54, 1.807) is 24.6 Å². The van der Waals surface area contributed by atoms with Gasteiger partial charge in [0.15, 0.2) is 0 Å². The molecular weight excluding hydrogens is 236 g/mol. The highest BCUT2D eigenvalue weighted by Gasteiger charge is 2.23. The molecule has 0 unspecified atom stereocenters. The topological polar surface area (TPSA) is 58.3 Å².